The number of piperidine rings is 1. The van der Waals surface area contributed by atoms with Crippen LogP contribution in [-0.4, -0.2) is 60.6 Å². The second-order valence-electron chi connectivity index (χ2n) is 12.2. The molecule has 2 saturated carbocycles. The highest BCUT2D eigenvalue weighted by molar-refractivity contribution is 6.00. The Morgan fingerprint density at radius 2 is 1.98 bits per heavy atom. The van der Waals surface area contributed by atoms with Crippen LogP contribution in [0.5, 0.6) is 5.75 Å². The molecule has 4 aromatic heterocycles. The van der Waals surface area contributed by atoms with E-state index in [1.165, 1.54) is 12.8 Å². The number of fused-ring (bicyclic) bond motifs is 4. The summed E-state index contributed by atoms with van der Waals surface area (Å²) in [4.78, 5) is 30.0. The van der Waals surface area contributed by atoms with E-state index in [2.05, 4.69) is 32.3 Å². The lowest BCUT2D eigenvalue weighted by atomic mass is 10.1. The molecule has 1 aliphatic heterocycles. The minimum Gasteiger partial charge on any atom is -0.494 e. The van der Waals surface area contributed by atoms with Crippen molar-refractivity contribution in [2.75, 3.05) is 13.7 Å². The van der Waals surface area contributed by atoms with Crippen LogP contribution >= 0.6 is 0 Å². The first-order valence-electron chi connectivity index (χ1n) is 14.9. The molecule has 3 aliphatic rings. The molecule has 5 heterocycles. The fraction of sp³-hybridized carbons (Fsp3) is 0.364. The number of hydrogen-bond acceptors (Lipinski definition) is 7. The number of pyridine rings is 2. The second kappa shape index (κ2) is 9.64. The van der Waals surface area contributed by atoms with Crippen molar-refractivity contribution < 1.29 is 9.53 Å². The van der Waals surface area contributed by atoms with Crippen LogP contribution in [0.25, 0.3) is 44.8 Å². The first kappa shape index (κ1) is 25.9. The molecule has 2 bridgehead atoms. The summed E-state index contributed by atoms with van der Waals surface area (Å²) in [5, 5.41) is 10.4. The van der Waals surface area contributed by atoms with Crippen LogP contribution in [0.1, 0.15) is 41.6 Å². The Kier molecular flexibility index (Phi) is 5.81. The number of carbonyl (C=O) groups is 1. The summed E-state index contributed by atoms with van der Waals surface area (Å²) >= 11 is 0. The third-order valence-electron chi connectivity index (χ3n) is 9.59. The average Bonchev–Trinajstić information content (AvgIpc) is 3.44. The van der Waals surface area contributed by atoms with Crippen molar-refractivity contribution in [2.24, 2.45) is 24.6 Å². The summed E-state index contributed by atoms with van der Waals surface area (Å²) in [7, 11) is 3.62. The monoisotopic (exact) mass is 572 g/mol. The number of nitriles is 1. The second-order valence-corrected chi connectivity index (χ2v) is 12.2. The van der Waals surface area contributed by atoms with Gasteiger partial charge in [0, 0.05) is 61.1 Å². The van der Waals surface area contributed by atoms with E-state index in [9.17, 15) is 10.1 Å². The Balaban J connectivity index is 1.24. The van der Waals surface area contributed by atoms with Crippen LogP contribution in [0.15, 0.2) is 48.8 Å². The normalized spacial score (nSPS) is 21.2. The highest BCUT2D eigenvalue weighted by Gasteiger charge is 2.47. The van der Waals surface area contributed by atoms with Crippen molar-refractivity contribution in [3.05, 3.63) is 59.9 Å². The number of carbonyl (C=O) groups excluding carboxylic acids is 1. The number of aromatic nitrogens is 5. The maximum Gasteiger partial charge on any atom is 0.254 e. The Hall–Kier alpha value is -4.75. The van der Waals surface area contributed by atoms with E-state index in [0.29, 0.717) is 40.8 Å². The van der Waals surface area contributed by atoms with Crippen LogP contribution in [0, 0.1) is 23.2 Å². The topological polar surface area (TPSA) is 128 Å². The molecule has 10 nitrogen and oxygen atoms in total. The van der Waals surface area contributed by atoms with Gasteiger partial charge in [-0.3, -0.25) is 9.78 Å². The van der Waals surface area contributed by atoms with E-state index < -0.39 is 0 Å². The summed E-state index contributed by atoms with van der Waals surface area (Å²) in [6.07, 6.45) is 7.73. The molecule has 3 fully saturated rings. The number of imidazole rings is 1. The van der Waals surface area contributed by atoms with E-state index in [1.54, 1.807) is 19.5 Å². The predicted octanol–water partition coefficient (Wildman–Crippen LogP) is 4.50. The number of ether oxygens (including phenoxy) is 1. The Labute approximate surface area is 248 Å². The quantitative estimate of drug-likeness (QED) is 0.317. The number of likely N-dealkylation sites (tertiary alicyclic amines) is 1. The van der Waals surface area contributed by atoms with Gasteiger partial charge in [0.25, 0.3) is 5.91 Å². The van der Waals surface area contributed by atoms with E-state index in [1.807, 2.05) is 36.2 Å². The summed E-state index contributed by atoms with van der Waals surface area (Å²) in [6.45, 7) is 1.55. The standard InChI is InChI=1S/C33H32N8O2/c1-39-30-25(10-22(12-28(30)43-2)33(42)41-17-21-6-8-26(41)29(21)35)38-32(39)27-11-20-5-7-24(23-9-19(13-34)14-36-15-23)37-31(20)40(27)16-18-3-4-18/h5,7,9-12,14-15,18,21,26,29H,3-4,6,8,16-17,35H2,1-2H3. The number of methoxy groups -OCH3 is 1. The number of hydrogen-bond donors (Lipinski definition) is 1. The van der Waals surface area contributed by atoms with E-state index >= 15 is 0 Å². The fourth-order valence-electron chi connectivity index (χ4n) is 7.12. The highest BCUT2D eigenvalue weighted by atomic mass is 16.5. The fourth-order valence-corrected chi connectivity index (χ4v) is 7.12. The Morgan fingerprint density at radius 1 is 1.12 bits per heavy atom. The van der Waals surface area contributed by atoms with Gasteiger partial charge in [-0.2, -0.15) is 5.26 Å². The number of nitrogens with two attached hydrogens (primary N) is 1. The third-order valence-corrected chi connectivity index (χ3v) is 9.59. The van der Waals surface area contributed by atoms with Gasteiger partial charge in [0.2, 0.25) is 0 Å². The molecule has 43 heavy (non-hydrogen) atoms. The molecule has 0 spiro atoms. The smallest absolute Gasteiger partial charge is 0.254 e. The Morgan fingerprint density at radius 3 is 2.70 bits per heavy atom. The Bertz CT molecular complexity index is 1980. The maximum absolute atomic E-state index is 13.7. The third kappa shape index (κ3) is 4.10. The number of benzene rings is 1. The van der Waals surface area contributed by atoms with Crippen molar-refractivity contribution in [3.63, 3.8) is 0 Å². The SMILES string of the molecule is COc1cc(C(=O)N2CC3CCC2C3N)cc2nc(-c3cc4ccc(-c5cncc(C#N)c5)nc4n3CC3CC3)n(C)c12. The first-order chi connectivity index (χ1) is 20.9. The van der Waals surface area contributed by atoms with Gasteiger partial charge in [-0.1, -0.05) is 0 Å². The molecule has 216 valence electrons. The van der Waals surface area contributed by atoms with E-state index in [-0.39, 0.29) is 18.0 Å². The van der Waals surface area contributed by atoms with E-state index in [0.717, 1.165) is 58.7 Å². The molecule has 8 rings (SSSR count). The number of nitrogens with zero attached hydrogens (tertiary/aromatic N) is 7. The zero-order valence-corrected chi connectivity index (χ0v) is 24.2. The lowest BCUT2D eigenvalue weighted by molar-refractivity contribution is 0.0700. The highest BCUT2D eigenvalue weighted by Crippen LogP contribution is 2.40. The zero-order valence-electron chi connectivity index (χ0n) is 24.2. The largest absolute Gasteiger partial charge is 0.494 e. The van der Waals surface area contributed by atoms with Crippen LogP contribution in [0.4, 0.5) is 0 Å². The summed E-state index contributed by atoms with van der Waals surface area (Å²) in [5.41, 5.74) is 12.4. The molecular formula is C33H32N8O2. The molecule has 5 aromatic rings. The minimum absolute atomic E-state index is 0.00964. The molecule has 2 N–H and O–H groups in total. The van der Waals surface area contributed by atoms with Crippen LogP contribution in [0.2, 0.25) is 0 Å². The van der Waals surface area contributed by atoms with Gasteiger partial charge in [0.05, 0.1) is 29.6 Å². The lowest BCUT2D eigenvalue weighted by Gasteiger charge is -2.27. The number of aryl methyl sites for hydroxylation is 1. The van der Waals surface area contributed by atoms with Gasteiger partial charge in [-0.15, -0.1) is 0 Å². The molecule has 1 saturated heterocycles. The average molecular weight is 573 g/mol. The van der Waals surface area contributed by atoms with Gasteiger partial charge in [-0.25, -0.2) is 9.97 Å². The molecule has 2 aliphatic carbocycles. The van der Waals surface area contributed by atoms with Crippen LogP contribution < -0.4 is 10.5 Å². The van der Waals surface area contributed by atoms with Crippen molar-refractivity contribution in [3.8, 4) is 34.6 Å². The number of rotatable bonds is 6. The summed E-state index contributed by atoms with van der Waals surface area (Å²) in [5.74, 6) is 2.37. The van der Waals surface area contributed by atoms with Gasteiger partial charge in [0.1, 0.15) is 23.0 Å². The van der Waals surface area contributed by atoms with Gasteiger partial charge < -0.3 is 24.5 Å². The van der Waals surface area contributed by atoms with Crippen LogP contribution in [0.3, 0.4) is 0 Å². The van der Waals surface area contributed by atoms with Crippen molar-refractivity contribution in [1.29, 1.82) is 5.26 Å². The first-order valence-corrected chi connectivity index (χ1v) is 14.9. The van der Waals surface area contributed by atoms with Gasteiger partial charge >= 0.3 is 0 Å². The lowest BCUT2D eigenvalue weighted by Crippen LogP contribution is -2.41. The minimum atomic E-state index is -0.00964. The van der Waals surface area contributed by atoms with Crippen molar-refractivity contribution in [1.82, 2.24) is 29.0 Å². The van der Waals surface area contributed by atoms with Gasteiger partial charge in [-0.05, 0) is 73.9 Å². The van der Waals surface area contributed by atoms with Crippen LogP contribution in [-0.2, 0) is 13.6 Å². The molecular weight excluding hydrogens is 540 g/mol. The summed E-state index contributed by atoms with van der Waals surface area (Å²) < 4.78 is 10.2. The predicted molar refractivity (Wildman–Crippen MR) is 162 cm³/mol. The zero-order chi connectivity index (χ0) is 29.4. The van der Waals surface area contributed by atoms with Gasteiger partial charge in [0.15, 0.2) is 5.82 Å². The maximum atomic E-state index is 13.7. The number of amides is 1. The molecule has 0 radical (unpaired) electrons. The molecule has 1 aromatic carbocycles. The molecule has 3 atom stereocenters. The molecule has 3 unspecified atom stereocenters. The van der Waals surface area contributed by atoms with Crippen molar-refractivity contribution in [2.45, 2.75) is 44.3 Å². The molecule has 10 heteroatoms. The molecule has 1 amide bonds. The van der Waals surface area contributed by atoms with E-state index in [4.69, 9.17) is 20.4 Å². The summed E-state index contributed by atoms with van der Waals surface area (Å²) in [6, 6.07) is 14.0. The van der Waals surface area contributed by atoms with Crippen molar-refractivity contribution >= 4 is 28.0 Å².